The van der Waals surface area contributed by atoms with Crippen molar-refractivity contribution in [3.05, 3.63) is 70.2 Å². The van der Waals surface area contributed by atoms with E-state index in [1.54, 1.807) is 0 Å². The molecular formula is C17H19BrN2O. The number of carbonyl (C=O) groups is 1. The van der Waals surface area contributed by atoms with Crippen LogP contribution in [0.3, 0.4) is 0 Å². The molecule has 2 atom stereocenters. The molecule has 3 N–H and O–H groups in total. The molecule has 2 aromatic carbocycles. The lowest BCUT2D eigenvalue weighted by Gasteiger charge is -2.19. The number of hydrogen-bond acceptors (Lipinski definition) is 2. The summed E-state index contributed by atoms with van der Waals surface area (Å²) in [5.41, 5.74) is 8.09. The van der Waals surface area contributed by atoms with E-state index >= 15 is 0 Å². The van der Waals surface area contributed by atoms with Gasteiger partial charge in [0, 0.05) is 4.47 Å². The Balaban J connectivity index is 1.96. The molecule has 4 heteroatoms. The van der Waals surface area contributed by atoms with Crippen LogP contribution in [0.5, 0.6) is 0 Å². The van der Waals surface area contributed by atoms with Crippen LogP contribution in [0, 0.1) is 0 Å². The number of nitrogens with one attached hydrogen (secondary N) is 1. The van der Waals surface area contributed by atoms with Crippen molar-refractivity contribution in [2.24, 2.45) is 5.73 Å². The minimum Gasteiger partial charge on any atom is -0.348 e. The molecule has 0 aliphatic rings. The van der Waals surface area contributed by atoms with E-state index in [-0.39, 0.29) is 11.9 Å². The summed E-state index contributed by atoms with van der Waals surface area (Å²) in [5.74, 6) is -0.137. The molecule has 0 saturated carbocycles. The summed E-state index contributed by atoms with van der Waals surface area (Å²) in [6.45, 7) is 1.95. The van der Waals surface area contributed by atoms with Crippen molar-refractivity contribution < 1.29 is 4.79 Å². The zero-order valence-corrected chi connectivity index (χ0v) is 13.5. The highest BCUT2D eigenvalue weighted by molar-refractivity contribution is 9.10. The van der Waals surface area contributed by atoms with Gasteiger partial charge in [0.05, 0.1) is 12.1 Å². The Morgan fingerprint density at radius 1 is 1.14 bits per heavy atom. The fraction of sp³-hybridized carbons (Fsp3) is 0.235. The third kappa shape index (κ3) is 4.41. The maximum Gasteiger partial charge on any atom is 0.237 e. The fourth-order valence-electron chi connectivity index (χ4n) is 2.19. The van der Waals surface area contributed by atoms with Crippen molar-refractivity contribution in [2.45, 2.75) is 25.4 Å². The lowest BCUT2D eigenvalue weighted by Crippen LogP contribution is -2.43. The molecule has 1 amide bonds. The second kappa shape index (κ2) is 7.38. The Morgan fingerprint density at radius 2 is 1.76 bits per heavy atom. The Morgan fingerprint density at radius 3 is 2.43 bits per heavy atom. The lowest BCUT2D eigenvalue weighted by atomic mass is 10.0. The van der Waals surface area contributed by atoms with Crippen molar-refractivity contribution in [3.63, 3.8) is 0 Å². The zero-order chi connectivity index (χ0) is 15.2. The maximum absolute atomic E-state index is 12.2. The number of hydrogen-bond donors (Lipinski definition) is 2. The second-order valence-electron chi connectivity index (χ2n) is 5.05. The second-order valence-corrected chi connectivity index (χ2v) is 5.90. The molecule has 0 radical (unpaired) electrons. The van der Waals surface area contributed by atoms with E-state index < -0.39 is 6.04 Å². The number of carbonyl (C=O) groups excluding carboxylic acids is 1. The van der Waals surface area contributed by atoms with E-state index in [4.69, 9.17) is 5.73 Å². The Bertz CT molecular complexity index is 601. The first kappa shape index (κ1) is 15.7. The summed E-state index contributed by atoms with van der Waals surface area (Å²) in [6.07, 6.45) is 0.537. The summed E-state index contributed by atoms with van der Waals surface area (Å²) in [5, 5.41) is 2.96. The SMILES string of the molecule is C[C@H](NC(=O)[C@H](N)Cc1ccccc1)c1ccccc1Br. The van der Waals surface area contributed by atoms with Gasteiger partial charge in [0.2, 0.25) is 5.91 Å². The molecule has 0 fully saturated rings. The van der Waals surface area contributed by atoms with Gasteiger partial charge in [-0.3, -0.25) is 4.79 Å². The van der Waals surface area contributed by atoms with Gasteiger partial charge in [0.1, 0.15) is 0 Å². The smallest absolute Gasteiger partial charge is 0.237 e. The number of halogens is 1. The van der Waals surface area contributed by atoms with Crippen LogP contribution in [-0.2, 0) is 11.2 Å². The van der Waals surface area contributed by atoms with Gasteiger partial charge in [0.15, 0.2) is 0 Å². The molecule has 0 bridgehead atoms. The van der Waals surface area contributed by atoms with Crippen LogP contribution in [0.4, 0.5) is 0 Å². The maximum atomic E-state index is 12.2. The largest absolute Gasteiger partial charge is 0.348 e. The van der Waals surface area contributed by atoms with E-state index in [9.17, 15) is 4.79 Å². The van der Waals surface area contributed by atoms with Crippen molar-refractivity contribution in [2.75, 3.05) is 0 Å². The van der Waals surface area contributed by atoms with Crippen LogP contribution < -0.4 is 11.1 Å². The summed E-state index contributed by atoms with van der Waals surface area (Å²) >= 11 is 3.50. The molecule has 3 nitrogen and oxygen atoms in total. The van der Waals surface area contributed by atoms with Crippen LogP contribution in [-0.4, -0.2) is 11.9 Å². The van der Waals surface area contributed by atoms with Crippen molar-refractivity contribution in [1.29, 1.82) is 0 Å². The molecule has 21 heavy (non-hydrogen) atoms. The number of nitrogens with two attached hydrogens (primary N) is 1. The van der Waals surface area contributed by atoms with Crippen LogP contribution in [0.15, 0.2) is 59.1 Å². The highest BCUT2D eigenvalue weighted by Crippen LogP contribution is 2.22. The molecule has 2 aromatic rings. The van der Waals surface area contributed by atoms with E-state index in [0.717, 1.165) is 15.6 Å². The van der Waals surface area contributed by atoms with Gasteiger partial charge in [0.25, 0.3) is 0 Å². The minimum absolute atomic E-state index is 0.0881. The van der Waals surface area contributed by atoms with Crippen LogP contribution in [0.25, 0.3) is 0 Å². The number of amides is 1. The van der Waals surface area contributed by atoms with Crippen molar-refractivity contribution in [3.8, 4) is 0 Å². The summed E-state index contributed by atoms with van der Waals surface area (Å²) in [7, 11) is 0. The third-order valence-corrected chi connectivity index (χ3v) is 4.09. The van der Waals surface area contributed by atoms with Gasteiger partial charge in [-0.1, -0.05) is 64.5 Å². The quantitative estimate of drug-likeness (QED) is 0.873. The van der Waals surface area contributed by atoms with Crippen LogP contribution in [0.1, 0.15) is 24.1 Å². The molecule has 2 rings (SSSR count). The summed E-state index contributed by atoms with van der Waals surface area (Å²) in [4.78, 5) is 12.2. The molecular weight excluding hydrogens is 328 g/mol. The first-order chi connectivity index (χ1) is 10.1. The van der Waals surface area contributed by atoms with E-state index in [0.29, 0.717) is 6.42 Å². The molecule has 0 aliphatic heterocycles. The topological polar surface area (TPSA) is 55.1 Å². The van der Waals surface area contributed by atoms with Gasteiger partial charge in [-0.15, -0.1) is 0 Å². The van der Waals surface area contributed by atoms with Gasteiger partial charge in [-0.2, -0.15) is 0 Å². The highest BCUT2D eigenvalue weighted by atomic mass is 79.9. The predicted molar refractivity (Wildman–Crippen MR) is 88.8 cm³/mol. The van der Waals surface area contributed by atoms with E-state index in [1.165, 1.54) is 0 Å². The third-order valence-electron chi connectivity index (χ3n) is 3.37. The van der Waals surface area contributed by atoms with Crippen molar-refractivity contribution in [1.82, 2.24) is 5.32 Å². The first-order valence-corrected chi connectivity index (χ1v) is 7.71. The van der Waals surface area contributed by atoms with E-state index in [1.807, 2.05) is 61.5 Å². The monoisotopic (exact) mass is 346 g/mol. The highest BCUT2D eigenvalue weighted by Gasteiger charge is 2.18. The Hall–Kier alpha value is -1.65. The molecule has 0 heterocycles. The van der Waals surface area contributed by atoms with Gasteiger partial charge in [-0.05, 0) is 30.5 Å². The molecule has 0 unspecified atom stereocenters. The van der Waals surface area contributed by atoms with Crippen LogP contribution in [0.2, 0.25) is 0 Å². The fourth-order valence-corrected chi connectivity index (χ4v) is 2.81. The predicted octanol–water partition coefficient (Wildman–Crippen LogP) is 3.20. The molecule has 0 aromatic heterocycles. The number of rotatable bonds is 5. The van der Waals surface area contributed by atoms with Crippen molar-refractivity contribution >= 4 is 21.8 Å². The summed E-state index contributed by atoms with van der Waals surface area (Å²) in [6, 6.07) is 17.0. The average molecular weight is 347 g/mol. The normalized spacial score (nSPS) is 13.5. The van der Waals surface area contributed by atoms with Crippen LogP contribution >= 0.6 is 15.9 Å². The summed E-state index contributed by atoms with van der Waals surface area (Å²) < 4.78 is 0.981. The lowest BCUT2D eigenvalue weighted by molar-refractivity contribution is -0.123. The van der Waals surface area contributed by atoms with Gasteiger partial charge >= 0.3 is 0 Å². The Labute approximate surface area is 133 Å². The molecule has 0 saturated heterocycles. The molecule has 0 spiro atoms. The van der Waals surface area contributed by atoms with Gasteiger partial charge in [-0.25, -0.2) is 0 Å². The standard InChI is InChI=1S/C17H19BrN2O/c1-12(14-9-5-6-10-15(14)18)20-17(21)16(19)11-13-7-3-2-4-8-13/h2-10,12,16H,11,19H2,1H3,(H,20,21)/t12-,16+/m0/s1. The van der Waals surface area contributed by atoms with E-state index in [2.05, 4.69) is 21.2 Å². The zero-order valence-electron chi connectivity index (χ0n) is 11.9. The molecule has 110 valence electrons. The minimum atomic E-state index is -0.544. The number of benzene rings is 2. The first-order valence-electron chi connectivity index (χ1n) is 6.92. The Kier molecular flexibility index (Phi) is 5.53. The van der Waals surface area contributed by atoms with Gasteiger partial charge < -0.3 is 11.1 Å². The average Bonchev–Trinajstić information content (AvgIpc) is 2.48. The molecule has 0 aliphatic carbocycles.